The number of aryl methyl sites for hydroxylation is 1. The van der Waals surface area contributed by atoms with E-state index in [4.69, 9.17) is 0 Å². The van der Waals surface area contributed by atoms with Crippen molar-refractivity contribution < 1.29 is 0 Å². The molecule has 0 saturated carbocycles. The van der Waals surface area contributed by atoms with Crippen LogP contribution in [0.4, 0.5) is 0 Å². The van der Waals surface area contributed by atoms with Gasteiger partial charge in [0.05, 0.1) is 11.4 Å². The van der Waals surface area contributed by atoms with Crippen LogP contribution in [0.2, 0.25) is 0 Å². The number of nitrogens with zero attached hydrogens (tertiary/aromatic N) is 2. The Hall–Kier alpha value is -0.830. The van der Waals surface area contributed by atoms with Crippen molar-refractivity contribution in [2.45, 2.75) is 32.9 Å². The van der Waals surface area contributed by atoms with Crippen LogP contribution in [0.25, 0.3) is 0 Å². The maximum absolute atomic E-state index is 4.51. The zero-order valence-corrected chi connectivity index (χ0v) is 7.89. The fraction of sp³-hybridized carbons (Fsp3) is 0.667. The van der Waals surface area contributed by atoms with Gasteiger partial charge >= 0.3 is 0 Å². The lowest BCUT2D eigenvalue weighted by molar-refractivity contribution is 0.641. The third-order valence-corrected chi connectivity index (χ3v) is 2.45. The zero-order valence-electron chi connectivity index (χ0n) is 7.89. The molecule has 0 atom stereocenters. The maximum Gasteiger partial charge on any atom is 0.0698 e. The van der Waals surface area contributed by atoms with Crippen molar-refractivity contribution in [2.24, 2.45) is 7.05 Å². The molecular formula is C9H15N3. The minimum Gasteiger partial charge on any atom is -0.307 e. The van der Waals surface area contributed by atoms with Crippen molar-refractivity contribution in [3.8, 4) is 0 Å². The Kier molecular flexibility index (Phi) is 1.68. The first kappa shape index (κ1) is 7.80. The summed E-state index contributed by atoms with van der Waals surface area (Å²) in [6.45, 7) is 6.37. The highest BCUT2D eigenvalue weighted by Gasteiger charge is 2.21. The van der Waals surface area contributed by atoms with Gasteiger partial charge in [0.1, 0.15) is 0 Å². The van der Waals surface area contributed by atoms with Crippen molar-refractivity contribution in [1.82, 2.24) is 15.1 Å². The van der Waals surface area contributed by atoms with Gasteiger partial charge in [-0.25, -0.2) is 0 Å². The molecule has 1 aliphatic heterocycles. The Morgan fingerprint density at radius 3 is 2.83 bits per heavy atom. The first-order valence-corrected chi connectivity index (χ1v) is 4.45. The van der Waals surface area contributed by atoms with Gasteiger partial charge in [0.15, 0.2) is 0 Å². The molecule has 12 heavy (non-hydrogen) atoms. The summed E-state index contributed by atoms with van der Waals surface area (Å²) >= 11 is 0. The van der Waals surface area contributed by atoms with Crippen LogP contribution in [0.3, 0.4) is 0 Å². The molecule has 1 aliphatic rings. The van der Waals surface area contributed by atoms with Gasteiger partial charge in [0, 0.05) is 25.7 Å². The van der Waals surface area contributed by atoms with Crippen LogP contribution in [0.5, 0.6) is 0 Å². The number of nitrogens with one attached hydrogen (secondary N) is 1. The monoisotopic (exact) mass is 165 g/mol. The lowest BCUT2D eigenvalue weighted by atomic mass is 10.1. The predicted octanol–water partition coefficient (Wildman–Crippen LogP) is 1.15. The summed E-state index contributed by atoms with van der Waals surface area (Å²) in [5, 5.41) is 7.85. The molecule has 0 bridgehead atoms. The van der Waals surface area contributed by atoms with E-state index in [1.807, 2.05) is 11.7 Å². The Bertz CT molecular complexity index is 299. The Morgan fingerprint density at radius 1 is 1.42 bits per heavy atom. The highest BCUT2D eigenvalue weighted by Crippen LogP contribution is 2.24. The van der Waals surface area contributed by atoms with Crippen LogP contribution >= 0.6 is 0 Å². The highest BCUT2D eigenvalue weighted by atomic mass is 15.3. The topological polar surface area (TPSA) is 29.9 Å². The third-order valence-electron chi connectivity index (χ3n) is 2.45. The minimum absolute atomic E-state index is 0.542. The van der Waals surface area contributed by atoms with Gasteiger partial charge < -0.3 is 5.32 Å². The molecule has 0 unspecified atom stereocenters. The molecule has 0 radical (unpaired) electrons. The zero-order chi connectivity index (χ0) is 8.72. The van der Waals surface area contributed by atoms with E-state index in [1.165, 1.54) is 17.0 Å². The molecule has 0 spiro atoms. The van der Waals surface area contributed by atoms with Gasteiger partial charge in [-0.15, -0.1) is 0 Å². The minimum atomic E-state index is 0.542. The summed E-state index contributed by atoms with van der Waals surface area (Å²) in [6.07, 6.45) is 0. The van der Waals surface area contributed by atoms with Gasteiger partial charge in [-0.3, -0.25) is 4.68 Å². The second kappa shape index (κ2) is 2.59. The normalized spacial score (nSPS) is 15.7. The lowest BCUT2D eigenvalue weighted by Crippen LogP contribution is -2.07. The van der Waals surface area contributed by atoms with Crippen LogP contribution in [0, 0.1) is 0 Å². The molecule has 1 aromatic rings. The van der Waals surface area contributed by atoms with Crippen molar-refractivity contribution >= 4 is 0 Å². The molecule has 0 fully saturated rings. The van der Waals surface area contributed by atoms with Gasteiger partial charge in [-0.2, -0.15) is 5.10 Å². The van der Waals surface area contributed by atoms with E-state index >= 15 is 0 Å². The van der Waals surface area contributed by atoms with Crippen LogP contribution < -0.4 is 5.32 Å². The van der Waals surface area contributed by atoms with Crippen LogP contribution in [-0.4, -0.2) is 9.78 Å². The molecule has 2 rings (SSSR count). The average Bonchev–Trinajstić information content (AvgIpc) is 2.53. The molecule has 0 aliphatic carbocycles. The summed E-state index contributed by atoms with van der Waals surface area (Å²) in [5.74, 6) is 0.542. The van der Waals surface area contributed by atoms with Gasteiger partial charge in [-0.05, 0) is 5.92 Å². The van der Waals surface area contributed by atoms with Gasteiger partial charge in [0.25, 0.3) is 0 Å². The van der Waals surface area contributed by atoms with E-state index < -0.39 is 0 Å². The van der Waals surface area contributed by atoms with E-state index in [0.29, 0.717) is 5.92 Å². The first-order valence-electron chi connectivity index (χ1n) is 4.45. The van der Waals surface area contributed by atoms with Crippen molar-refractivity contribution in [2.75, 3.05) is 0 Å². The summed E-state index contributed by atoms with van der Waals surface area (Å²) in [6, 6.07) is 0. The Morgan fingerprint density at radius 2 is 2.17 bits per heavy atom. The molecule has 2 heterocycles. The highest BCUT2D eigenvalue weighted by molar-refractivity contribution is 5.31. The Balaban J connectivity index is 2.51. The molecule has 3 nitrogen and oxygen atoms in total. The molecule has 0 saturated heterocycles. The van der Waals surface area contributed by atoms with E-state index in [1.54, 1.807) is 0 Å². The first-order chi connectivity index (χ1) is 5.70. The van der Waals surface area contributed by atoms with E-state index in [2.05, 4.69) is 24.3 Å². The van der Waals surface area contributed by atoms with E-state index in [-0.39, 0.29) is 0 Å². The predicted molar refractivity (Wildman–Crippen MR) is 47.8 cm³/mol. The van der Waals surface area contributed by atoms with Crippen LogP contribution in [-0.2, 0) is 20.1 Å². The number of aromatic nitrogens is 2. The second-order valence-electron chi connectivity index (χ2n) is 3.69. The quantitative estimate of drug-likeness (QED) is 0.676. The molecule has 1 N–H and O–H groups in total. The second-order valence-corrected chi connectivity index (χ2v) is 3.69. The van der Waals surface area contributed by atoms with Gasteiger partial charge in [-0.1, -0.05) is 13.8 Å². The lowest BCUT2D eigenvalue weighted by Gasteiger charge is -2.01. The average molecular weight is 165 g/mol. The molecule has 1 aromatic heterocycles. The molecule has 66 valence electrons. The maximum atomic E-state index is 4.51. The largest absolute Gasteiger partial charge is 0.307 e. The standard InChI is InChI=1S/C9H15N3/c1-6(2)9-7-4-10-5-8(7)12(3)11-9/h6,10H,4-5H2,1-3H3. The van der Waals surface area contributed by atoms with Crippen molar-refractivity contribution in [3.63, 3.8) is 0 Å². The smallest absolute Gasteiger partial charge is 0.0698 e. The number of rotatable bonds is 1. The van der Waals surface area contributed by atoms with Crippen molar-refractivity contribution in [3.05, 3.63) is 17.0 Å². The van der Waals surface area contributed by atoms with Crippen molar-refractivity contribution in [1.29, 1.82) is 0 Å². The van der Waals surface area contributed by atoms with Crippen LogP contribution in [0.1, 0.15) is 36.7 Å². The fourth-order valence-corrected chi connectivity index (χ4v) is 1.81. The summed E-state index contributed by atoms with van der Waals surface area (Å²) in [4.78, 5) is 0. The number of hydrogen-bond acceptors (Lipinski definition) is 2. The summed E-state index contributed by atoms with van der Waals surface area (Å²) < 4.78 is 2.00. The number of hydrogen-bond donors (Lipinski definition) is 1. The summed E-state index contributed by atoms with van der Waals surface area (Å²) in [5.41, 5.74) is 4.05. The number of fused-ring (bicyclic) bond motifs is 1. The molecule has 0 aromatic carbocycles. The fourth-order valence-electron chi connectivity index (χ4n) is 1.81. The Labute approximate surface area is 72.8 Å². The molecule has 0 amide bonds. The third kappa shape index (κ3) is 0.966. The van der Waals surface area contributed by atoms with E-state index in [0.717, 1.165) is 13.1 Å². The van der Waals surface area contributed by atoms with Gasteiger partial charge in [0.2, 0.25) is 0 Å². The SMILES string of the molecule is CC(C)c1nn(C)c2c1CNC2. The summed E-state index contributed by atoms with van der Waals surface area (Å²) in [7, 11) is 2.03. The molecule has 3 heteroatoms. The molecular weight excluding hydrogens is 150 g/mol. The van der Waals surface area contributed by atoms with E-state index in [9.17, 15) is 0 Å². The van der Waals surface area contributed by atoms with Crippen LogP contribution in [0.15, 0.2) is 0 Å².